The fourth-order valence-electron chi connectivity index (χ4n) is 2.27. The molecule has 1 aromatic rings. The van der Waals surface area contributed by atoms with E-state index in [1.54, 1.807) is 7.11 Å². The number of benzene rings is 1. The molecule has 1 aromatic carbocycles. The number of carbonyl (C=O) groups is 1. The van der Waals surface area contributed by atoms with Gasteiger partial charge < -0.3 is 9.64 Å². The second-order valence-electron chi connectivity index (χ2n) is 4.71. The minimum absolute atomic E-state index is 0.141. The van der Waals surface area contributed by atoms with Crippen molar-refractivity contribution in [3.8, 4) is 0 Å². The molecule has 0 saturated carbocycles. The first-order valence-electron chi connectivity index (χ1n) is 6.42. The maximum atomic E-state index is 11.5. The number of nitrogens with zero attached hydrogens (tertiary/aromatic N) is 2. The summed E-state index contributed by atoms with van der Waals surface area (Å²) in [5, 5.41) is 0.757. The minimum Gasteiger partial charge on any atom is -0.377 e. The van der Waals surface area contributed by atoms with Crippen LogP contribution in [0, 0.1) is 0 Å². The van der Waals surface area contributed by atoms with Gasteiger partial charge in [0.25, 0.3) is 0 Å². The number of piperazine rings is 1. The molecule has 0 radical (unpaired) electrons. The predicted molar refractivity (Wildman–Crippen MR) is 77.0 cm³/mol. The summed E-state index contributed by atoms with van der Waals surface area (Å²) in [5.41, 5.74) is 1.19. The molecule has 0 bridgehead atoms. The highest BCUT2D eigenvalue weighted by Crippen LogP contribution is 2.19. The van der Waals surface area contributed by atoms with Gasteiger partial charge >= 0.3 is 0 Å². The number of Topliss-reactive ketones (excluding diaryl/α,β-unsaturated/α-hetero) is 1. The number of ketones is 1. The third-order valence-corrected chi connectivity index (χ3v) is 3.52. The van der Waals surface area contributed by atoms with Crippen LogP contribution in [0.15, 0.2) is 24.3 Å². The fourth-order valence-corrected chi connectivity index (χ4v) is 2.40. The lowest BCUT2D eigenvalue weighted by atomic mass is 10.2. The largest absolute Gasteiger partial charge is 0.377 e. The standard InChI is InChI=1S/C14H19ClN2O2/c1-19-11-14(18)10-16-6-8-17(9-7-16)13-4-2-12(15)3-5-13/h2-5H,6-11H2,1H3. The summed E-state index contributed by atoms with van der Waals surface area (Å²) in [6, 6.07) is 7.89. The molecule has 1 aliphatic heterocycles. The van der Waals surface area contributed by atoms with Crippen LogP contribution in [0.25, 0.3) is 0 Å². The Hall–Kier alpha value is -1.10. The normalized spacial score (nSPS) is 16.6. The summed E-state index contributed by atoms with van der Waals surface area (Å²) in [7, 11) is 1.55. The van der Waals surface area contributed by atoms with E-state index in [9.17, 15) is 4.79 Å². The molecule has 0 amide bonds. The van der Waals surface area contributed by atoms with E-state index < -0.39 is 0 Å². The average Bonchev–Trinajstić information content (AvgIpc) is 2.41. The van der Waals surface area contributed by atoms with E-state index in [1.807, 2.05) is 24.3 Å². The van der Waals surface area contributed by atoms with Crippen LogP contribution in [0.1, 0.15) is 0 Å². The lowest BCUT2D eigenvalue weighted by molar-refractivity contribution is -0.123. The van der Waals surface area contributed by atoms with E-state index in [2.05, 4.69) is 9.80 Å². The number of carbonyl (C=O) groups excluding carboxylic acids is 1. The van der Waals surface area contributed by atoms with Gasteiger partial charge in [-0.25, -0.2) is 0 Å². The van der Waals surface area contributed by atoms with Gasteiger partial charge in [-0.3, -0.25) is 9.69 Å². The summed E-state index contributed by atoms with van der Waals surface area (Å²) < 4.78 is 4.85. The van der Waals surface area contributed by atoms with Crippen LogP contribution in [0.2, 0.25) is 5.02 Å². The Morgan fingerprint density at radius 1 is 1.21 bits per heavy atom. The van der Waals surface area contributed by atoms with Gasteiger partial charge in [0, 0.05) is 44.0 Å². The van der Waals surface area contributed by atoms with E-state index >= 15 is 0 Å². The highest BCUT2D eigenvalue weighted by molar-refractivity contribution is 6.30. The second-order valence-corrected chi connectivity index (χ2v) is 5.15. The van der Waals surface area contributed by atoms with Crippen LogP contribution in [-0.4, -0.2) is 57.1 Å². The third kappa shape index (κ3) is 4.20. The number of hydrogen-bond donors (Lipinski definition) is 0. The van der Waals surface area contributed by atoms with Crippen molar-refractivity contribution in [3.05, 3.63) is 29.3 Å². The Kier molecular flexibility index (Phi) is 5.19. The molecule has 19 heavy (non-hydrogen) atoms. The Morgan fingerprint density at radius 2 is 1.84 bits per heavy atom. The number of rotatable bonds is 5. The van der Waals surface area contributed by atoms with E-state index in [-0.39, 0.29) is 12.4 Å². The quantitative estimate of drug-likeness (QED) is 0.823. The van der Waals surface area contributed by atoms with Crippen LogP contribution in [-0.2, 0) is 9.53 Å². The monoisotopic (exact) mass is 282 g/mol. The predicted octanol–water partition coefficient (Wildman–Crippen LogP) is 1.68. The maximum absolute atomic E-state index is 11.5. The highest BCUT2D eigenvalue weighted by atomic mass is 35.5. The summed E-state index contributed by atoms with van der Waals surface area (Å²) in [6.45, 7) is 4.36. The first kappa shape index (κ1) is 14.3. The van der Waals surface area contributed by atoms with Crippen molar-refractivity contribution in [1.29, 1.82) is 0 Å². The zero-order valence-electron chi connectivity index (χ0n) is 11.1. The van der Waals surface area contributed by atoms with Gasteiger partial charge in [0.1, 0.15) is 6.61 Å². The Labute approximate surface area is 118 Å². The van der Waals surface area contributed by atoms with E-state index in [0.29, 0.717) is 6.54 Å². The third-order valence-electron chi connectivity index (χ3n) is 3.27. The van der Waals surface area contributed by atoms with Crippen molar-refractivity contribution < 1.29 is 9.53 Å². The first-order valence-corrected chi connectivity index (χ1v) is 6.80. The van der Waals surface area contributed by atoms with Crippen LogP contribution >= 0.6 is 11.6 Å². The molecule has 1 aliphatic rings. The lowest BCUT2D eigenvalue weighted by Gasteiger charge is -2.35. The van der Waals surface area contributed by atoms with Crippen molar-refractivity contribution in [3.63, 3.8) is 0 Å². The van der Waals surface area contributed by atoms with Crippen molar-refractivity contribution in [2.75, 3.05) is 51.3 Å². The van der Waals surface area contributed by atoms with Gasteiger partial charge in [-0.1, -0.05) is 11.6 Å². The Balaban J connectivity index is 1.82. The first-order chi connectivity index (χ1) is 9.19. The van der Waals surface area contributed by atoms with Crippen LogP contribution < -0.4 is 4.90 Å². The molecule has 4 nitrogen and oxygen atoms in total. The molecule has 0 spiro atoms. The smallest absolute Gasteiger partial charge is 0.172 e. The number of ether oxygens (including phenoxy) is 1. The molecule has 104 valence electrons. The zero-order chi connectivity index (χ0) is 13.7. The number of hydrogen-bond acceptors (Lipinski definition) is 4. The summed E-state index contributed by atoms with van der Waals surface area (Å²) in [5.74, 6) is 0.141. The summed E-state index contributed by atoms with van der Waals surface area (Å²) >= 11 is 5.88. The summed E-state index contributed by atoms with van der Waals surface area (Å²) in [4.78, 5) is 16.0. The van der Waals surface area contributed by atoms with Gasteiger partial charge in [-0.05, 0) is 24.3 Å². The molecular weight excluding hydrogens is 264 g/mol. The highest BCUT2D eigenvalue weighted by Gasteiger charge is 2.18. The molecule has 2 rings (SSSR count). The maximum Gasteiger partial charge on any atom is 0.172 e. The molecule has 0 unspecified atom stereocenters. The van der Waals surface area contributed by atoms with E-state index in [1.165, 1.54) is 5.69 Å². The number of halogens is 1. The van der Waals surface area contributed by atoms with Crippen molar-refractivity contribution >= 4 is 23.1 Å². The Morgan fingerprint density at radius 3 is 2.42 bits per heavy atom. The van der Waals surface area contributed by atoms with Gasteiger partial charge in [0.15, 0.2) is 5.78 Å². The summed E-state index contributed by atoms with van der Waals surface area (Å²) in [6.07, 6.45) is 0. The fraction of sp³-hybridized carbons (Fsp3) is 0.500. The molecule has 1 saturated heterocycles. The molecule has 0 N–H and O–H groups in total. The lowest BCUT2D eigenvalue weighted by Crippen LogP contribution is -2.48. The molecule has 0 atom stereocenters. The molecular formula is C14H19ClN2O2. The van der Waals surface area contributed by atoms with Gasteiger partial charge in [0.05, 0.1) is 6.54 Å². The molecule has 0 aromatic heterocycles. The van der Waals surface area contributed by atoms with Crippen molar-refractivity contribution in [1.82, 2.24) is 4.90 Å². The van der Waals surface area contributed by atoms with Gasteiger partial charge in [-0.2, -0.15) is 0 Å². The van der Waals surface area contributed by atoms with E-state index in [0.717, 1.165) is 31.2 Å². The van der Waals surface area contributed by atoms with E-state index in [4.69, 9.17) is 16.3 Å². The van der Waals surface area contributed by atoms with Gasteiger partial charge in [0.2, 0.25) is 0 Å². The number of methoxy groups -OCH3 is 1. The second kappa shape index (κ2) is 6.89. The zero-order valence-corrected chi connectivity index (χ0v) is 11.9. The molecule has 5 heteroatoms. The SMILES string of the molecule is COCC(=O)CN1CCN(c2ccc(Cl)cc2)CC1. The van der Waals surface area contributed by atoms with Crippen LogP contribution in [0.3, 0.4) is 0 Å². The molecule has 1 heterocycles. The Bertz CT molecular complexity index is 414. The van der Waals surface area contributed by atoms with Crippen molar-refractivity contribution in [2.45, 2.75) is 0 Å². The number of anilines is 1. The average molecular weight is 283 g/mol. The molecule has 0 aliphatic carbocycles. The van der Waals surface area contributed by atoms with Crippen LogP contribution in [0.4, 0.5) is 5.69 Å². The van der Waals surface area contributed by atoms with Crippen molar-refractivity contribution in [2.24, 2.45) is 0 Å². The van der Waals surface area contributed by atoms with Gasteiger partial charge in [-0.15, -0.1) is 0 Å². The topological polar surface area (TPSA) is 32.8 Å². The minimum atomic E-state index is 0.141. The van der Waals surface area contributed by atoms with Crippen LogP contribution in [0.5, 0.6) is 0 Å². The molecule has 1 fully saturated rings.